The van der Waals surface area contributed by atoms with Gasteiger partial charge in [-0.3, -0.25) is 4.79 Å². The highest BCUT2D eigenvalue weighted by molar-refractivity contribution is 5.77. The van der Waals surface area contributed by atoms with E-state index in [9.17, 15) is 4.79 Å². The molecule has 13 heavy (non-hydrogen) atoms. The van der Waals surface area contributed by atoms with E-state index in [0.29, 0.717) is 18.8 Å². The summed E-state index contributed by atoms with van der Waals surface area (Å²) in [6.07, 6.45) is 3.68. The van der Waals surface area contributed by atoms with Crippen LogP contribution >= 0.6 is 0 Å². The van der Waals surface area contributed by atoms with Gasteiger partial charge < -0.3 is 10.4 Å². The van der Waals surface area contributed by atoms with E-state index in [2.05, 4.69) is 5.32 Å². The number of carbonyl (C=O) groups is 1. The van der Waals surface area contributed by atoms with Crippen molar-refractivity contribution in [2.45, 2.75) is 45.1 Å². The lowest BCUT2D eigenvalue weighted by atomic mass is 10.0. The van der Waals surface area contributed by atoms with Crippen molar-refractivity contribution in [1.82, 2.24) is 5.32 Å². The summed E-state index contributed by atoms with van der Waals surface area (Å²) < 4.78 is 0. The van der Waals surface area contributed by atoms with Crippen LogP contribution in [-0.2, 0) is 4.79 Å². The second-order valence-electron chi connectivity index (χ2n) is 4.55. The topological polar surface area (TPSA) is 49.3 Å². The molecule has 1 aliphatic rings. The van der Waals surface area contributed by atoms with E-state index in [0.717, 1.165) is 0 Å². The molecule has 0 aliphatic heterocycles. The SMILES string of the molecule is CC(C)(CCO)NC(=O)CC1CC1. The minimum absolute atomic E-state index is 0.122. The highest BCUT2D eigenvalue weighted by Gasteiger charge is 2.27. The van der Waals surface area contributed by atoms with Crippen LogP contribution in [0.5, 0.6) is 0 Å². The second kappa shape index (κ2) is 4.09. The molecule has 1 rings (SSSR count). The van der Waals surface area contributed by atoms with Crippen molar-refractivity contribution < 1.29 is 9.90 Å². The Balaban J connectivity index is 2.23. The van der Waals surface area contributed by atoms with Gasteiger partial charge in [-0.25, -0.2) is 0 Å². The van der Waals surface area contributed by atoms with Crippen LogP contribution in [0.4, 0.5) is 0 Å². The minimum Gasteiger partial charge on any atom is -0.396 e. The zero-order valence-corrected chi connectivity index (χ0v) is 8.47. The van der Waals surface area contributed by atoms with Crippen molar-refractivity contribution in [2.24, 2.45) is 5.92 Å². The maximum atomic E-state index is 11.4. The maximum Gasteiger partial charge on any atom is 0.220 e. The van der Waals surface area contributed by atoms with Crippen molar-refractivity contribution in [3.63, 3.8) is 0 Å². The molecule has 76 valence electrons. The molecule has 1 amide bonds. The van der Waals surface area contributed by atoms with Crippen molar-refractivity contribution >= 4 is 5.91 Å². The normalized spacial score (nSPS) is 17.2. The van der Waals surface area contributed by atoms with Gasteiger partial charge in [0.25, 0.3) is 0 Å². The van der Waals surface area contributed by atoms with Crippen LogP contribution in [0, 0.1) is 5.92 Å². The number of aliphatic hydroxyl groups excluding tert-OH is 1. The standard InChI is InChI=1S/C10H19NO2/c1-10(2,5-6-12)11-9(13)7-8-3-4-8/h8,12H,3-7H2,1-2H3,(H,11,13). The first kappa shape index (κ1) is 10.5. The average molecular weight is 185 g/mol. The van der Waals surface area contributed by atoms with Crippen LogP contribution in [-0.4, -0.2) is 23.2 Å². The highest BCUT2D eigenvalue weighted by Crippen LogP contribution is 2.32. The molecule has 0 aromatic rings. The molecule has 3 heteroatoms. The van der Waals surface area contributed by atoms with Gasteiger partial charge in [0, 0.05) is 18.6 Å². The van der Waals surface area contributed by atoms with Gasteiger partial charge in [-0.05, 0) is 39.0 Å². The third-order valence-electron chi connectivity index (χ3n) is 2.39. The number of nitrogens with one attached hydrogen (secondary N) is 1. The Bertz CT molecular complexity index is 185. The zero-order valence-electron chi connectivity index (χ0n) is 8.47. The molecule has 2 N–H and O–H groups in total. The molecule has 0 radical (unpaired) electrons. The van der Waals surface area contributed by atoms with Gasteiger partial charge in [0.2, 0.25) is 5.91 Å². The van der Waals surface area contributed by atoms with E-state index in [1.807, 2.05) is 13.8 Å². The molecule has 0 unspecified atom stereocenters. The van der Waals surface area contributed by atoms with Gasteiger partial charge in [0.15, 0.2) is 0 Å². The van der Waals surface area contributed by atoms with Gasteiger partial charge >= 0.3 is 0 Å². The van der Waals surface area contributed by atoms with Gasteiger partial charge in [-0.1, -0.05) is 0 Å². The van der Waals surface area contributed by atoms with Crippen molar-refractivity contribution in [3.8, 4) is 0 Å². The summed E-state index contributed by atoms with van der Waals surface area (Å²) >= 11 is 0. The van der Waals surface area contributed by atoms with Gasteiger partial charge in [0.05, 0.1) is 0 Å². The van der Waals surface area contributed by atoms with Crippen LogP contribution in [0.3, 0.4) is 0 Å². The fourth-order valence-corrected chi connectivity index (χ4v) is 1.35. The Morgan fingerprint density at radius 3 is 2.62 bits per heavy atom. The maximum absolute atomic E-state index is 11.4. The summed E-state index contributed by atoms with van der Waals surface area (Å²) in [6.45, 7) is 4.00. The van der Waals surface area contributed by atoms with E-state index < -0.39 is 0 Å². The molecule has 0 bridgehead atoms. The molecule has 3 nitrogen and oxygen atoms in total. The van der Waals surface area contributed by atoms with E-state index >= 15 is 0 Å². The van der Waals surface area contributed by atoms with Gasteiger partial charge in [-0.2, -0.15) is 0 Å². The first-order valence-corrected chi connectivity index (χ1v) is 4.95. The van der Waals surface area contributed by atoms with Gasteiger partial charge in [-0.15, -0.1) is 0 Å². The van der Waals surface area contributed by atoms with E-state index in [4.69, 9.17) is 5.11 Å². The lowest BCUT2D eigenvalue weighted by molar-refractivity contribution is -0.123. The van der Waals surface area contributed by atoms with E-state index in [1.54, 1.807) is 0 Å². The van der Waals surface area contributed by atoms with Crippen LogP contribution in [0.2, 0.25) is 0 Å². The van der Waals surface area contributed by atoms with Gasteiger partial charge in [0.1, 0.15) is 0 Å². The smallest absolute Gasteiger partial charge is 0.220 e. The third-order valence-corrected chi connectivity index (χ3v) is 2.39. The fourth-order valence-electron chi connectivity index (χ4n) is 1.35. The lowest BCUT2D eigenvalue weighted by Gasteiger charge is -2.25. The Kier molecular flexibility index (Phi) is 3.31. The molecule has 0 atom stereocenters. The van der Waals surface area contributed by atoms with Crippen molar-refractivity contribution in [1.29, 1.82) is 0 Å². The lowest BCUT2D eigenvalue weighted by Crippen LogP contribution is -2.44. The summed E-state index contributed by atoms with van der Waals surface area (Å²) in [7, 11) is 0. The number of rotatable bonds is 5. The monoisotopic (exact) mass is 185 g/mol. The molecule has 1 saturated carbocycles. The Labute approximate surface area is 79.5 Å². The molecule has 0 aromatic carbocycles. The summed E-state index contributed by atoms with van der Waals surface area (Å²) in [4.78, 5) is 11.4. The molecule has 1 aliphatic carbocycles. The predicted molar refractivity (Wildman–Crippen MR) is 51.3 cm³/mol. The minimum atomic E-state index is -0.263. The molecule has 0 aromatic heterocycles. The molecule has 0 heterocycles. The largest absolute Gasteiger partial charge is 0.396 e. The Morgan fingerprint density at radius 2 is 2.15 bits per heavy atom. The predicted octanol–water partition coefficient (Wildman–Crippen LogP) is 1.06. The number of hydrogen-bond acceptors (Lipinski definition) is 2. The summed E-state index contributed by atoms with van der Waals surface area (Å²) in [6, 6.07) is 0. The summed E-state index contributed by atoms with van der Waals surface area (Å²) in [5.74, 6) is 0.755. The average Bonchev–Trinajstić information content (AvgIpc) is 2.68. The Morgan fingerprint density at radius 1 is 1.54 bits per heavy atom. The first-order valence-electron chi connectivity index (χ1n) is 4.95. The number of aliphatic hydroxyl groups is 1. The molecule has 1 fully saturated rings. The number of carbonyl (C=O) groups excluding carboxylic acids is 1. The molecule has 0 spiro atoms. The zero-order chi connectivity index (χ0) is 9.90. The quantitative estimate of drug-likeness (QED) is 0.673. The molecular weight excluding hydrogens is 166 g/mol. The van der Waals surface area contributed by atoms with Crippen molar-refractivity contribution in [3.05, 3.63) is 0 Å². The highest BCUT2D eigenvalue weighted by atomic mass is 16.3. The third kappa shape index (κ3) is 4.27. The second-order valence-corrected chi connectivity index (χ2v) is 4.55. The van der Waals surface area contributed by atoms with E-state index in [1.165, 1.54) is 12.8 Å². The van der Waals surface area contributed by atoms with Crippen LogP contribution in [0.25, 0.3) is 0 Å². The summed E-state index contributed by atoms with van der Waals surface area (Å²) in [5, 5.41) is 11.7. The van der Waals surface area contributed by atoms with Crippen molar-refractivity contribution in [2.75, 3.05) is 6.61 Å². The molecular formula is C10H19NO2. The summed E-state index contributed by atoms with van der Waals surface area (Å²) in [5.41, 5.74) is -0.263. The Hall–Kier alpha value is -0.570. The first-order chi connectivity index (χ1) is 6.03. The fraction of sp³-hybridized carbons (Fsp3) is 0.900. The molecule has 0 saturated heterocycles. The number of hydrogen-bond donors (Lipinski definition) is 2. The van der Waals surface area contributed by atoms with Crippen LogP contribution in [0.15, 0.2) is 0 Å². The van der Waals surface area contributed by atoms with E-state index in [-0.39, 0.29) is 18.1 Å². The van der Waals surface area contributed by atoms with Crippen LogP contribution < -0.4 is 5.32 Å². The van der Waals surface area contributed by atoms with Crippen LogP contribution in [0.1, 0.15) is 39.5 Å². The number of amides is 1.